The van der Waals surface area contributed by atoms with Crippen LogP contribution in [0.2, 0.25) is 0 Å². The first-order valence-electron chi connectivity index (χ1n) is 7.65. The average molecular weight is 376 g/mol. The van der Waals surface area contributed by atoms with Crippen molar-refractivity contribution in [2.75, 3.05) is 6.61 Å². The molecule has 12 heteroatoms. The van der Waals surface area contributed by atoms with E-state index in [2.05, 4.69) is 15.6 Å². The number of amides is 1. The summed E-state index contributed by atoms with van der Waals surface area (Å²) in [5, 5.41) is 29.3. The van der Waals surface area contributed by atoms with E-state index < -0.39 is 22.4 Å². The number of para-hydroxylation sites is 2. The Morgan fingerprint density at radius 3 is 2.63 bits per heavy atom. The Hall–Kier alpha value is -3.83. The number of rotatable bonds is 8. The zero-order valence-electron chi connectivity index (χ0n) is 14.5. The van der Waals surface area contributed by atoms with Crippen LogP contribution in [0.15, 0.2) is 35.4 Å². The standard InChI is InChI=1S/C15H16N6O6/c1-10(8-19-11(2)7-14(18-19)21(25)26)16-17-15(22)9-27-13-6-4-3-5-12(13)20(23)24/h3-7H,8-9H2,1-2H3,(H,17,22). The van der Waals surface area contributed by atoms with Gasteiger partial charge in [0.05, 0.1) is 27.5 Å². The van der Waals surface area contributed by atoms with E-state index in [1.807, 2.05) is 0 Å². The number of hydrogen-bond acceptors (Lipinski definition) is 8. The molecule has 0 aliphatic carbocycles. The highest BCUT2D eigenvalue weighted by atomic mass is 16.6. The third-order valence-corrected chi connectivity index (χ3v) is 3.33. The average Bonchev–Trinajstić information content (AvgIpc) is 2.99. The molecule has 1 aromatic heterocycles. The van der Waals surface area contributed by atoms with Crippen molar-refractivity contribution < 1.29 is 19.4 Å². The maximum atomic E-state index is 11.8. The van der Waals surface area contributed by atoms with Crippen molar-refractivity contribution in [3.05, 3.63) is 56.3 Å². The summed E-state index contributed by atoms with van der Waals surface area (Å²) < 4.78 is 6.53. The van der Waals surface area contributed by atoms with Crippen molar-refractivity contribution in [2.24, 2.45) is 5.10 Å². The van der Waals surface area contributed by atoms with Crippen LogP contribution >= 0.6 is 0 Å². The highest BCUT2D eigenvalue weighted by Gasteiger charge is 2.16. The first kappa shape index (κ1) is 19.5. The lowest BCUT2D eigenvalue weighted by atomic mass is 10.3. The summed E-state index contributed by atoms with van der Waals surface area (Å²) in [7, 11) is 0. The van der Waals surface area contributed by atoms with E-state index in [0.717, 1.165) is 0 Å². The van der Waals surface area contributed by atoms with Crippen LogP contribution < -0.4 is 10.2 Å². The molecule has 0 bridgehead atoms. The molecule has 0 saturated carbocycles. The molecule has 0 radical (unpaired) electrons. The molecule has 2 rings (SSSR count). The fourth-order valence-corrected chi connectivity index (χ4v) is 2.06. The van der Waals surface area contributed by atoms with Gasteiger partial charge in [-0.15, -0.1) is 0 Å². The Kier molecular flexibility index (Phi) is 6.14. The van der Waals surface area contributed by atoms with Crippen molar-refractivity contribution in [3.63, 3.8) is 0 Å². The number of hydrogen-bond donors (Lipinski definition) is 1. The van der Waals surface area contributed by atoms with Gasteiger partial charge in [-0.3, -0.25) is 14.9 Å². The molecule has 1 amide bonds. The first-order valence-corrected chi connectivity index (χ1v) is 7.65. The predicted molar refractivity (Wildman–Crippen MR) is 93.5 cm³/mol. The van der Waals surface area contributed by atoms with Crippen LogP contribution in [-0.2, 0) is 11.3 Å². The van der Waals surface area contributed by atoms with Crippen LogP contribution in [0.3, 0.4) is 0 Å². The summed E-state index contributed by atoms with van der Waals surface area (Å²) in [6, 6.07) is 7.01. The summed E-state index contributed by atoms with van der Waals surface area (Å²) in [4.78, 5) is 32.2. The predicted octanol–water partition coefficient (Wildman–Crippen LogP) is 1.58. The molecule has 12 nitrogen and oxygen atoms in total. The van der Waals surface area contributed by atoms with Gasteiger partial charge in [0.2, 0.25) is 0 Å². The molecule has 0 aliphatic rings. The lowest BCUT2D eigenvalue weighted by molar-refractivity contribution is -0.389. The van der Waals surface area contributed by atoms with E-state index in [0.29, 0.717) is 11.4 Å². The second-order valence-corrected chi connectivity index (χ2v) is 5.45. The number of benzene rings is 1. The van der Waals surface area contributed by atoms with E-state index in [9.17, 15) is 25.0 Å². The van der Waals surface area contributed by atoms with E-state index in [1.165, 1.54) is 28.9 Å². The Labute approximate surface area is 152 Å². The number of aryl methyl sites for hydroxylation is 1. The van der Waals surface area contributed by atoms with Crippen LogP contribution in [0.4, 0.5) is 11.5 Å². The zero-order valence-corrected chi connectivity index (χ0v) is 14.5. The normalized spacial score (nSPS) is 11.1. The molecule has 0 unspecified atom stereocenters. The largest absolute Gasteiger partial charge is 0.477 e. The minimum absolute atomic E-state index is 0.0298. The van der Waals surface area contributed by atoms with Crippen molar-refractivity contribution >= 4 is 23.1 Å². The summed E-state index contributed by atoms with van der Waals surface area (Å²) >= 11 is 0. The number of ether oxygens (including phenoxy) is 1. The van der Waals surface area contributed by atoms with E-state index in [4.69, 9.17) is 4.74 Å². The third kappa shape index (κ3) is 5.32. The van der Waals surface area contributed by atoms with Crippen LogP contribution in [0.1, 0.15) is 12.6 Å². The Bertz CT molecular complexity index is 906. The SMILES string of the molecule is CC(Cn1nc([N+](=O)[O-])cc1C)=NNC(=O)COc1ccccc1[N+](=O)[O-]. The van der Waals surface area contributed by atoms with Gasteiger partial charge in [-0.2, -0.15) is 9.78 Å². The Morgan fingerprint density at radius 2 is 2.00 bits per heavy atom. The van der Waals surface area contributed by atoms with Crippen molar-refractivity contribution in [2.45, 2.75) is 20.4 Å². The highest BCUT2D eigenvalue weighted by molar-refractivity contribution is 5.84. The third-order valence-electron chi connectivity index (χ3n) is 3.33. The van der Waals surface area contributed by atoms with Crippen LogP contribution in [-0.4, -0.2) is 37.9 Å². The lowest BCUT2D eigenvalue weighted by Crippen LogP contribution is -2.26. The van der Waals surface area contributed by atoms with Gasteiger partial charge in [0.15, 0.2) is 12.4 Å². The minimum atomic E-state index is -0.615. The molecule has 0 saturated heterocycles. The number of carbonyl (C=O) groups is 1. The molecular formula is C15H16N6O6. The van der Waals surface area contributed by atoms with Gasteiger partial charge >= 0.3 is 11.5 Å². The molecule has 1 N–H and O–H groups in total. The smallest absolute Gasteiger partial charge is 0.390 e. The van der Waals surface area contributed by atoms with Gasteiger partial charge < -0.3 is 14.9 Å². The first-order chi connectivity index (χ1) is 12.8. The molecule has 0 atom stereocenters. The summed E-state index contributed by atoms with van der Waals surface area (Å²) in [6.45, 7) is 2.95. The number of nitrogens with zero attached hydrogens (tertiary/aromatic N) is 5. The van der Waals surface area contributed by atoms with Gasteiger partial charge in [0.25, 0.3) is 5.91 Å². The van der Waals surface area contributed by atoms with Gasteiger partial charge in [-0.05, 0) is 24.8 Å². The summed E-state index contributed by atoms with van der Waals surface area (Å²) in [6.07, 6.45) is 0. The number of nitro benzene ring substituents is 1. The topological polar surface area (TPSA) is 155 Å². The van der Waals surface area contributed by atoms with Crippen LogP contribution in [0, 0.1) is 27.2 Å². The van der Waals surface area contributed by atoms with Crippen molar-refractivity contribution in [3.8, 4) is 5.75 Å². The molecule has 2 aromatic rings. The zero-order chi connectivity index (χ0) is 20.0. The Balaban J connectivity index is 1.91. The summed E-state index contributed by atoms with van der Waals surface area (Å²) in [5.74, 6) is -0.921. The molecule has 0 spiro atoms. The maximum absolute atomic E-state index is 11.8. The van der Waals surface area contributed by atoms with Crippen molar-refractivity contribution in [1.82, 2.24) is 15.2 Å². The number of nitro groups is 2. The molecule has 0 aliphatic heterocycles. The number of carbonyl (C=O) groups excluding carboxylic acids is 1. The molecule has 0 fully saturated rings. The number of hydrazone groups is 1. The van der Waals surface area contributed by atoms with Crippen LogP contribution in [0.25, 0.3) is 0 Å². The monoisotopic (exact) mass is 376 g/mol. The molecule has 27 heavy (non-hydrogen) atoms. The summed E-state index contributed by atoms with van der Waals surface area (Å²) in [5.41, 5.74) is 3.01. The second kappa shape index (κ2) is 8.51. The quantitative estimate of drug-likeness (QED) is 0.416. The fourth-order valence-electron chi connectivity index (χ4n) is 2.06. The van der Waals surface area contributed by atoms with E-state index in [-0.39, 0.29) is 23.8 Å². The lowest BCUT2D eigenvalue weighted by Gasteiger charge is -2.06. The van der Waals surface area contributed by atoms with Gasteiger partial charge in [0.1, 0.15) is 6.54 Å². The molecule has 1 aromatic carbocycles. The van der Waals surface area contributed by atoms with Gasteiger partial charge in [0, 0.05) is 6.07 Å². The Morgan fingerprint density at radius 1 is 1.30 bits per heavy atom. The second-order valence-electron chi connectivity index (χ2n) is 5.45. The fraction of sp³-hybridized carbons (Fsp3) is 0.267. The molecule has 142 valence electrons. The molecule has 1 heterocycles. The maximum Gasteiger partial charge on any atom is 0.390 e. The van der Waals surface area contributed by atoms with Crippen molar-refractivity contribution in [1.29, 1.82) is 0 Å². The molecular weight excluding hydrogens is 360 g/mol. The number of nitrogens with one attached hydrogen (secondary N) is 1. The van der Waals surface area contributed by atoms with Gasteiger partial charge in [-0.25, -0.2) is 5.43 Å². The van der Waals surface area contributed by atoms with Gasteiger partial charge in [-0.1, -0.05) is 12.1 Å². The van der Waals surface area contributed by atoms with E-state index in [1.54, 1.807) is 19.9 Å². The number of aromatic nitrogens is 2. The van der Waals surface area contributed by atoms with E-state index >= 15 is 0 Å². The minimum Gasteiger partial charge on any atom is -0.477 e. The highest BCUT2D eigenvalue weighted by Crippen LogP contribution is 2.25. The van der Waals surface area contributed by atoms with Crippen LogP contribution in [0.5, 0.6) is 5.75 Å².